The van der Waals surface area contributed by atoms with E-state index in [1.54, 1.807) is 0 Å². The summed E-state index contributed by atoms with van der Waals surface area (Å²) in [4.78, 5) is 8.52. The highest BCUT2D eigenvalue weighted by Crippen LogP contribution is 2.27. The Morgan fingerprint density at radius 3 is 2.87 bits per heavy atom. The highest BCUT2D eigenvalue weighted by Gasteiger charge is 2.13. The Morgan fingerprint density at radius 2 is 2.27 bits per heavy atom. The van der Waals surface area contributed by atoms with Gasteiger partial charge < -0.3 is 10.2 Å². The SMILES string of the molecule is CCCc1nc(C)c(-c2csc(N)n2)o1. The predicted molar refractivity (Wildman–Crippen MR) is 60.8 cm³/mol. The minimum Gasteiger partial charge on any atom is -0.439 e. The number of hydrogen-bond donors (Lipinski definition) is 1. The summed E-state index contributed by atoms with van der Waals surface area (Å²) >= 11 is 1.41. The van der Waals surface area contributed by atoms with Gasteiger partial charge in [0.15, 0.2) is 16.8 Å². The number of oxazole rings is 1. The van der Waals surface area contributed by atoms with Crippen molar-refractivity contribution in [2.45, 2.75) is 26.7 Å². The van der Waals surface area contributed by atoms with E-state index in [1.807, 2.05) is 12.3 Å². The van der Waals surface area contributed by atoms with Crippen LogP contribution in [0.3, 0.4) is 0 Å². The highest BCUT2D eigenvalue weighted by molar-refractivity contribution is 7.13. The van der Waals surface area contributed by atoms with Crippen molar-refractivity contribution in [2.24, 2.45) is 0 Å². The second-order valence-electron chi connectivity index (χ2n) is 3.34. The van der Waals surface area contributed by atoms with Crippen LogP contribution in [0, 0.1) is 6.92 Å². The van der Waals surface area contributed by atoms with Crippen LogP contribution in [0.1, 0.15) is 24.9 Å². The molecule has 2 aromatic heterocycles. The zero-order valence-electron chi connectivity index (χ0n) is 8.78. The summed E-state index contributed by atoms with van der Waals surface area (Å²) in [5.74, 6) is 1.52. The number of hydrogen-bond acceptors (Lipinski definition) is 5. The van der Waals surface area contributed by atoms with Crippen molar-refractivity contribution in [2.75, 3.05) is 5.73 Å². The van der Waals surface area contributed by atoms with Gasteiger partial charge in [0.2, 0.25) is 0 Å². The molecule has 0 saturated carbocycles. The summed E-state index contributed by atoms with van der Waals surface area (Å²) in [6, 6.07) is 0. The molecule has 80 valence electrons. The molecule has 0 saturated heterocycles. The summed E-state index contributed by atoms with van der Waals surface area (Å²) in [6.45, 7) is 4.02. The third-order valence-electron chi connectivity index (χ3n) is 2.06. The van der Waals surface area contributed by atoms with Crippen LogP contribution < -0.4 is 5.73 Å². The summed E-state index contributed by atoms with van der Waals surface area (Å²) in [6.07, 6.45) is 1.89. The Balaban J connectivity index is 2.35. The van der Waals surface area contributed by atoms with Crippen LogP contribution in [0.25, 0.3) is 11.5 Å². The number of anilines is 1. The molecule has 0 bridgehead atoms. The third kappa shape index (κ3) is 2.02. The molecule has 0 radical (unpaired) electrons. The summed E-state index contributed by atoms with van der Waals surface area (Å²) < 4.78 is 5.63. The van der Waals surface area contributed by atoms with Crippen LogP contribution in [0.5, 0.6) is 0 Å². The number of aryl methyl sites for hydroxylation is 2. The van der Waals surface area contributed by atoms with Crippen molar-refractivity contribution in [3.63, 3.8) is 0 Å². The predicted octanol–water partition coefficient (Wildman–Crippen LogP) is 2.64. The molecule has 0 aliphatic rings. The molecule has 2 rings (SSSR count). The van der Waals surface area contributed by atoms with Gasteiger partial charge in [-0.25, -0.2) is 9.97 Å². The summed E-state index contributed by atoms with van der Waals surface area (Å²) in [7, 11) is 0. The van der Waals surface area contributed by atoms with E-state index in [0.717, 1.165) is 35.9 Å². The molecule has 0 spiro atoms. The van der Waals surface area contributed by atoms with E-state index in [0.29, 0.717) is 5.13 Å². The standard InChI is InChI=1S/C10H13N3OS/c1-3-4-8-12-6(2)9(14-8)7-5-15-10(11)13-7/h5H,3-4H2,1-2H3,(H2,11,13). The lowest BCUT2D eigenvalue weighted by molar-refractivity contribution is 0.502. The Labute approximate surface area is 92.2 Å². The molecule has 2 N–H and O–H groups in total. The average molecular weight is 223 g/mol. The van der Waals surface area contributed by atoms with Crippen LogP contribution in [-0.2, 0) is 6.42 Å². The van der Waals surface area contributed by atoms with Crippen molar-refractivity contribution < 1.29 is 4.42 Å². The minimum atomic E-state index is 0.554. The van der Waals surface area contributed by atoms with Crippen LogP contribution in [0.15, 0.2) is 9.80 Å². The topological polar surface area (TPSA) is 64.9 Å². The maximum absolute atomic E-state index is 5.63. The van der Waals surface area contributed by atoms with E-state index < -0.39 is 0 Å². The molecule has 0 aromatic carbocycles. The van der Waals surface area contributed by atoms with E-state index in [1.165, 1.54) is 11.3 Å². The molecular formula is C10H13N3OS. The van der Waals surface area contributed by atoms with Gasteiger partial charge in [-0.15, -0.1) is 11.3 Å². The van der Waals surface area contributed by atoms with Crippen molar-refractivity contribution >= 4 is 16.5 Å². The molecule has 0 fully saturated rings. The normalized spacial score (nSPS) is 10.8. The van der Waals surface area contributed by atoms with Gasteiger partial charge in [-0.1, -0.05) is 6.92 Å². The number of nitrogen functional groups attached to an aromatic ring is 1. The summed E-state index contributed by atoms with van der Waals surface area (Å²) in [5.41, 5.74) is 7.24. The van der Waals surface area contributed by atoms with Gasteiger partial charge in [-0.2, -0.15) is 0 Å². The second kappa shape index (κ2) is 4.02. The number of aromatic nitrogens is 2. The molecule has 4 nitrogen and oxygen atoms in total. The molecule has 0 aliphatic heterocycles. The van der Waals surface area contributed by atoms with E-state index in [4.69, 9.17) is 10.2 Å². The highest BCUT2D eigenvalue weighted by atomic mass is 32.1. The van der Waals surface area contributed by atoms with Gasteiger partial charge in [0.05, 0.1) is 5.69 Å². The monoisotopic (exact) mass is 223 g/mol. The van der Waals surface area contributed by atoms with Gasteiger partial charge in [0.25, 0.3) is 0 Å². The first-order valence-corrected chi connectivity index (χ1v) is 5.76. The van der Waals surface area contributed by atoms with Crippen molar-refractivity contribution in [1.29, 1.82) is 0 Å². The molecule has 2 aromatic rings. The lowest BCUT2D eigenvalue weighted by Gasteiger charge is -1.90. The zero-order chi connectivity index (χ0) is 10.8. The fourth-order valence-corrected chi connectivity index (χ4v) is 1.95. The van der Waals surface area contributed by atoms with Gasteiger partial charge in [0.1, 0.15) is 5.69 Å². The lowest BCUT2D eigenvalue weighted by Crippen LogP contribution is -1.83. The summed E-state index contributed by atoms with van der Waals surface area (Å²) in [5, 5.41) is 2.44. The molecular weight excluding hydrogens is 210 g/mol. The van der Waals surface area contributed by atoms with Gasteiger partial charge in [-0.05, 0) is 13.3 Å². The van der Waals surface area contributed by atoms with E-state index in [2.05, 4.69) is 16.9 Å². The van der Waals surface area contributed by atoms with Gasteiger partial charge >= 0.3 is 0 Å². The lowest BCUT2D eigenvalue weighted by atomic mass is 10.3. The first-order valence-electron chi connectivity index (χ1n) is 4.88. The van der Waals surface area contributed by atoms with Crippen molar-refractivity contribution in [1.82, 2.24) is 9.97 Å². The largest absolute Gasteiger partial charge is 0.439 e. The third-order valence-corrected chi connectivity index (χ3v) is 2.73. The number of rotatable bonds is 3. The smallest absolute Gasteiger partial charge is 0.195 e. The average Bonchev–Trinajstić information content (AvgIpc) is 2.73. The maximum atomic E-state index is 5.63. The van der Waals surface area contributed by atoms with Crippen molar-refractivity contribution in [3.05, 3.63) is 17.0 Å². The maximum Gasteiger partial charge on any atom is 0.195 e. The van der Waals surface area contributed by atoms with Crippen LogP contribution in [0.2, 0.25) is 0 Å². The van der Waals surface area contributed by atoms with Crippen molar-refractivity contribution in [3.8, 4) is 11.5 Å². The quantitative estimate of drug-likeness (QED) is 0.868. The number of nitrogens with zero attached hydrogens (tertiary/aromatic N) is 2. The van der Waals surface area contributed by atoms with Gasteiger partial charge in [0, 0.05) is 11.8 Å². The first-order chi connectivity index (χ1) is 7.20. The fourth-order valence-electron chi connectivity index (χ4n) is 1.40. The number of nitrogens with two attached hydrogens (primary N) is 1. The second-order valence-corrected chi connectivity index (χ2v) is 4.23. The fraction of sp³-hybridized carbons (Fsp3) is 0.400. The van der Waals surface area contributed by atoms with E-state index in [9.17, 15) is 0 Å². The van der Waals surface area contributed by atoms with E-state index in [-0.39, 0.29) is 0 Å². The van der Waals surface area contributed by atoms with Crippen LogP contribution in [0.4, 0.5) is 5.13 Å². The molecule has 2 heterocycles. The zero-order valence-corrected chi connectivity index (χ0v) is 9.60. The Bertz CT molecular complexity index is 461. The Kier molecular flexibility index (Phi) is 2.73. The molecule has 0 unspecified atom stereocenters. The van der Waals surface area contributed by atoms with Crippen LogP contribution in [-0.4, -0.2) is 9.97 Å². The molecule has 0 atom stereocenters. The molecule has 15 heavy (non-hydrogen) atoms. The Morgan fingerprint density at radius 1 is 1.47 bits per heavy atom. The van der Waals surface area contributed by atoms with E-state index >= 15 is 0 Å². The van der Waals surface area contributed by atoms with Gasteiger partial charge in [-0.3, -0.25) is 0 Å². The molecule has 0 amide bonds. The number of thiazole rings is 1. The Hall–Kier alpha value is -1.36. The van der Waals surface area contributed by atoms with Crippen LogP contribution >= 0.6 is 11.3 Å². The minimum absolute atomic E-state index is 0.554. The molecule has 0 aliphatic carbocycles. The first kappa shape index (κ1) is 10.2. The molecule has 5 heteroatoms.